The molecule has 2 aliphatic rings. The molecular weight excluding hydrogens is 346 g/mol. The summed E-state index contributed by atoms with van der Waals surface area (Å²) in [6.45, 7) is 4.10. The van der Waals surface area contributed by atoms with E-state index in [0.29, 0.717) is 31.7 Å². The quantitative estimate of drug-likeness (QED) is 0.840. The number of fused-ring (bicyclic) bond motifs is 1. The van der Waals surface area contributed by atoms with Crippen molar-refractivity contribution in [3.8, 4) is 0 Å². The van der Waals surface area contributed by atoms with Crippen LogP contribution in [-0.2, 0) is 16.1 Å². The van der Waals surface area contributed by atoms with Gasteiger partial charge in [-0.15, -0.1) is 0 Å². The maximum Gasteiger partial charge on any atom is 0.242 e. The number of nitrogens with zero attached hydrogens (tertiary/aromatic N) is 3. The van der Waals surface area contributed by atoms with Crippen LogP contribution in [0.25, 0.3) is 10.9 Å². The summed E-state index contributed by atoms with van der Waals surface area (Å²) in [5, 5.41) is 10.7. The lowest BCUT2D eigenvalue weighted by molar-refractivity contribution is -0.131. The standard InChI is InChI=1S/C20H25N3O4/c24-18-6-9-23(16-5-2-1-4-15(16)18)12-20(26)22-8-3-7-21(10-11-22)17-13-27-14-19(17)25/h1-2,4-6,9,17,19,25H,3,7-8,10-14H2/t17-,19-/m0/s1. The van der Waals surface area contributed by atoms with Crippen molar-refractivity contribution >= 4 is 16.8 Å². The Morgan fingerprint density at radius 2 is 1.96 bits per heavy atom. The van der Waals surface area contributed by atoms with Crippen molar-refractivity contribution in [1.29, 1.82) is 0 Å². The molecule has 144 valence electrons. The van der Waals surface area contributed by atoms with E-state index in [9.17, 15) is 14.7 Å². The summed E-state index contributed by atoms with van der Waals surface area (Å²) in [6.07, 6.45) is 2.12. The Bertz CT molecular complexity index is 881. The second-order valence-electron chi connectivity index (χ2n) is 7.27. The van der Waals surface area contributed by atoms with Gasteiger partial charge in [-0.05, 0) is 18.6 Å². The highest BCUT2D eigenvalue weighted by Crippen LogP contribution is 2.16. The second kappa shape index (κ2) is 7.80. The van der Waals surface area contributed by atoms with E-state index in [2.05, 4.69) is 4.90 Å². The molecule has 2 aliphatic heterocycles. The number of benzene rings is 1. The third-order valence-corrected chi connectivity index (χ3v) is 5.56. The fourth-order valence-electron chi connectivity index (χ4n) is 4.04. The van der Waals surface area contributed by atoms with Gasteiger partial charge in [0, 0.05) is 43.8 Å². The zero-order valence-corrected chi connectivity index (χ0v) is 15.3. The van der Waals surface area contributed by atoms with Crippen LogP contribution in [0.15, 0.2) is 41.3 Å². The highest BCUT2D eigenvalue weighted by atomic mass is 16.5. The molecule has 4 rings (SSSR count). The van der Waals surface area contributed by atoms with Gasteiger partial charge in [0.2, 0.25) is 5.91 Å². The van der Waals surface area contributed by atoms with E-state index < -0.39 is 6.10 Å². The summed E-state index contributed by atoms with van der Waals surface area (Å²) in [4.78, 5) is 29.0. The van der Waals surface area contributed by atoms with E-state index in [4.69, 9.17) is 4.74 Å². The average Bonchev–Trinajstić information content (AvgIpc) is 2.96. The van der Waals surface area contributed by atoms with E-state index in [0.717, 1.165) is 25.0 Å². The third-order valence-electron chi connectivity index (χ3n) is 5.56. The van der Waals surface area contributed by atoms with E-state index in [1.54, 1.807) is 12.3 Å². The van der Waals surface area contributed by atoms with Crippen molar-refractivity contribution < 1.29 is 14.6 Å². The minimum absolute atomic E-state index is 0.0305. The number of aliphatic hydroxyl groups is 1. The number of carbonyl (C=O) groups is 1. The topological polar surface area (TPSA) is 75.0 Å². The highest BCUT2D eigenvalue weighted by molar-refractivity contribution is 5.82. The molecular formula is C20H25N3O4. The first kappa shape index (κ1) is 18.2. The monoisotopic (exact) mass is 371 g/mol. The molecule has 2 aromatic rings. The number of aromatic nitrogens is 1. The zero-order valence-electron chi connectivity index (χ0n) is 15.3. The number of pyridine rings is 1. The van der Waals surface area contributed by atoms with E-state index in [1.165, 1.54) is 6.07 Å². The SMILES string of the molecule is O=C(Cn1ccc(=O)c2ccccc21)N1CCCN([C@H]2COC[C@@H]2O)CC1. The van der Waals surface area contributed by atoms with Gasteiger partial charge in [-0.1, -0.05) is 12.1 Å². The highest BCUT2D eigenvalue weighted by Gasteiger charge is 2.33. The van der Waals surface area contributed by atoms with Crippen LogP contribution in [0.3, 0.4) is 0 Å². The maximum atomic E-state index is 12.9. The molecule has 0 aliphatic carbocycles. The van der Waals surface area contributed by atoms with Gasteiger partial charge in [-0.25, -0.2) is 0 Å². The van der Waals surface area contributed by atoms with Crippen molar-refractivity contribution in [2.24, 2.45) is 0 Å². The molecule has 1 aromatic heterocycles. The van der Waals surface area contributed by atoms with Gasteiger partial charge < -0.3 is 19.3 Å². The number of rotatable bonds is 3. The molecule has 3 heterocycles. The number of para-hydroxylation sites is 1. The van der Waals surface area contributed by atoms with Crippen molar-refractivity contribution in [2.45, 2.75) is 25.1 Å². The molecule has 1 N–H and O–H groups in total. The van der Waals surface area contributed by atoms with Gasteiger partial charge >= 0.3 is 0 Å². The Hall–Kier alpha value is -2.22. The Kier molecular flexibility index (Phi) is 5.24. The van der Waals surface area contributed by atoms with Gasteiger partial charge in [0.15, 0.2) is 5.43 Å². The fourth-order valence-corrected chi connectivity index (χ4v) is 4.04. The predicted molar refractivity (Wildman–Crippen MR) is 102 cm³/mol. The van der Waals surface area contributed by atoms with Crippen LogP contribution >= 0.6 is 0 Å². The Morgan fingerprint density at radius 3 is 2.78 bits per heavy atom. The summed E-state index contributed by atoms with van der Waals surface area (Å²) in [7, 11) is 0. The van der Waals surface area contributed by atoms with Gasteiger partial charge in [0.1, 0.15) is 6.54 Å². The van der Waals surface area contributed by atoms with Crippen molar-refractivity contribution in [3.63, 3.8) is 0 Å². The number of carbonyl (C=O) groups excluding carboxylic acids is 1. The molecule has 2 fully saturated rings. The molecule has 0 bridgehead atoms. The zero-order chi connectivity index (χ0) is 18.8. The second-order valence-corrected chi connectivity index (χ2v) is 7.27. The van der Waals surface area contributed by atoms with Crippen LogP contribution in [0.2, 0.25) is 0 Å². The van der Waals surface area contributed by atoms with Crippen LogP contribution in [0.4, 0.5) is 0 Å². The van der Waals surface area contributed by atoms with Crippen LogP contribution in [0, 0.1) is 0 Å². The maximum absolute atomic E-state index is 12.9. The summed E-state index contributed by atoms with van der Waals surface area (Å²) in [6, 6.07) is 8.92. The summed E-state index contributed by atoms with van der Waals surface area (Å²) < 4.78 is 7.21. The number of ether oxygens (including phenoxy) is 1. The molecule has 0 saturated carbocycles. The molecule has 0 radical (unpaired) electrons. The summed E-state index contributed by atoms with van der Waals surface area (Å²) in [5.41, 5.74) is 0.748. The lowest BCUT2D eigenvalue weighted by Gasteiger charge is -2.28. The fraction of sp³-hybridized carbons (Fsp3) is 0.500. The number of amides is 1. The molecule has 7 nitrogen and oxygen atoms in total. The number of hydrogen-bond donors (Lipinski definition) is 1. The van der Waals surface area contributed by atoms with Crippen molar-refractivity contribution in [1.82, 2.24) is 14.4 Å². The number of hydrogen-bond acceptors (Lipinski definition) is 5. The van der Waals surface area contributed by atoms with Crippen LogP contribution in [0.5, 0.6) is 0 Å². The normalized spacial score (nSPS) is 24.3. The smallest absolute Gasteiger partial charge is 0.242 e. The Labute approximate surface area is 157 Å². The van der Waals surface area contributed by atoms with Crippen molar-refractivity contribution in [2.75, 3.05) is 39.4 Å². The lowest BCUT2D eigenvalue weighted by Crippen LogP contribution is -2.45. The Balaban J connectivity index is 1.45. The van der Waals surface area contributed by atoms with Crippen LogP contribution < -0.4 is 5.43 Å². The molecule has 2 saturated heterocycles. The summed E-state index contributed by atoms with van der Waals surface area (Å²) >= 11 is 0. The Morgan fingerprint density at radius 1 is 1.11 bits per heavy atom. The van der Waals surface area contributed by atoms with Gasteiger partial charge in [-0.3, -0.25) is 14.5 Å². The molecule has 0 unspecified atom stereocenters. The van der Waals surface area contributed by atoms with E-state index in [-0.39, 0.29) is 23.9 Å². The van der Waals surface area contributed by atoms with Crippen molar-refractivity contribution in [3.05, 3.63) is 46.8 Å². The third kappa shape index (κ3) is 3.76. The van der Waals surface area contributed by atoms with Gasteiger partial charge in [-0.2, -0.15) is 0 Å². The molecule has 27 heavy (non-hydrogen) atoms. The molecule has 7 heteroatoms. The van der Waals surface area contributed by atoms with E-state index in [1.807, 2.05) is 27.7 Å². The predicted octanol–water partition coefficient (Wildman–Crippen LogP) is 0.296. The number of aliphatic hydroxyl groups excluding tert-OH is 1. The minimum atomic E-state index is -0.445. The lowest BCUT2D eigenvalue weighted by atomic mass is 10.2. The first-order valence-corrected chi connectivity index (χ1v) is 9.49. The first-order chi connectivity index (χ1) is 13.1. The molecule has 1 aromatic carbocycles. The minimum Gasteiger partial charge on any atom is -0.389 e. The first-order valence-electron chi connectivity index (χ1n) is 9.49. The largest absolute Gasteiger partial charge is 0.389 e. The van der Waals surface area contributed by atoms with E-state index >= 15 is 0 Å². The molecule has 2 atom stereocenters. The van der Waals surface area contributed by atoms with Crippen LogP contribution in [0.1, 0.15) is 6.42 Å². The average molecular weight is 371 g/mol. The molecule has 1 amide bonds. The van der Waals surface area contributed by atoms with Crippen LogP contribution in [-0.4, -0.2) is 76.9 Å². The van der Waals surface area contributed by atoms with Gasteiger partial charge in [0.25, 0.3) is 0 Å². The van der Waals surface area contributed by atoms with Gasteiger partial charge in [0.05, 0.1) is 30.9 Å². The molecule has 0 spiro atoms. The summed E-state index contributed by atoms with van der Waals surface area (Å²) in [5.74, 6) is 0.0499.